The van der Waals surface area contributed by atoms with E-state index in [0.29, 0.717) is 36.6 Å². The van der Waals surface area contributed by atoms with Gasteiger partial charge in [-0.15, -0.1) is 0 Å². The highest BCUT2D eigenvalue weighted by Crippen LogP contribution is 2.39. The average Bonchev–Trinajstić information content (AvgIpc) is 3.78. The highest BCUT2D eigenvalue weighted by Gasteiger charge is 2.53. The lowest BCUT2D eigenvalue weighted by atomic mass is 9.99. The highest BCUT2D eigenvalue weighted by atomic mass is 32.2. The predicted octanol–water partition coefficient (Wildman–Crippen LogP) is 5.31. The minimum absolute atomic E-state index is 0.0107. The lowest BCUT2D eigenvalue weighted by Crippen LogP contribution is -2.51. The van der Waals surface area contributed by atoms with Gasteiger partial charge in [0.25, 0.3) is 0 Å². The van der Waals surface area contributed by atoms with Gasteiger partial charge in [0, 0.05) is 18.8 Å². The molecule has 13 heteroatoms. The number of ether oxygens (including phenoxy) is 5. The molecule has 3 aliphatic heterocycles. The molecule has 272 valence electrons. The van der Waals surface area contributed by atoms with Crippen molar-refractivity contribution in [1.29, 1.82) is 5.26 Å². The van der Waals surface area contributed by atoms with Crippen LogP contribution in [0.5, 0.6) is 5.75 Å². The van der Waals surface area contributed by atoms with Gasteiger partial charge < -0.3 is 29.4 Å². The molecule has 3 saturated heterocycles. The standard InChI is InChI=1S/C38H46N4O8S/c1-25(2)21-41(51(44,45)31-14-10-29(40)11-15-31)22-34-33(19-26-8-12-30(13-9-26)47-23-28-7-5-6-27(18-28)20-39)42(38(3,4)50-34)37(43)49-35-24-48-36-32(35)16-17-46-36/h5-15,18,25,32-36H,16-17,19,21-24,40H2,1-4H3/t32-,33-,34+,35-,36+/m0/s1. The first-order chi connectivity index (χ1) is 24.3. The first kappa shape index (κ1) is 36.6. The van der Waals surface area contributed by atoms with E-state index in [-0.39, 0.29) is 42.7 Å². The third kappa shape index (κ3) is 8.32. The summed E-state index contributed by atoms with van der Waals surface area (Å²) in [7, 11) is -3.94. The topological polar surface area (TPSA) is 154 Å². The number of rotatable bonds is 12. The summed E-state index contributed by atoms with van der Waals surface area (Å²) in [4.78, 5) is 15.9. The maximum atomic E-state index is 14.1. The number of nitrogens with two attached hydrogens (primary N) is 1. The molecule has 5 atom stereocenters. The van der Waals surface area contributed by atoms with Crippen molar-refractivity contribution in [3.63, 3.8) is 0 Å². The summed E-state index contributed by atoms with van der Waals surface area (Å²) in [6, 6.07) is 22.5. The number of carbonyl (C=O) groups is 1. The molecule has 51 heavy (non-hydrogen) atoms. The van der Waals surface area contributed by atoms with Crippen LogP contribution >= 0.6 is 0 Å². The Morgan fingerprint density at radius 3 is 2.53 bits per heavy atom. The number of nitrogen functional groups attached to an aromatic ring is 1. The normalized spacial score (nSPS) is 24.1. The van der Waals surface area contributed by atoms with Crippen LogP contribution in [0.25, 0.3) is 0 Å². The smallest absolute Gasteiger partial charge is 0.412 e. The molecule has 2 N–H and O–H groups in total. The Bertz CT molecular complexity index is 1830. The van der Waals surface area contributed by atoms with Crippen LogP contribution in [0.3, 0.4) is 0 Å². The molecule has 6 rings (SSSR count). The molecular formula is C38H46N4O8S. The Hall–Kier alpha value is -4.19. The van der Waals surface area contributed by atoms with Gasteiger partial charge in [-0.25, -0.2) is 13.2 Å². The Labute approximate surface area is 300 Å². The van der Waals surface area contributed by atoms with Crippen molar-refractivity contribution in [1.82, 2.24) is 9.21 Å². The molecule has 3 heterocycles. The number of benzene rings is 3. The van der Waals surface area contributed by atoms with Crippen LogP contribution in [-0.4, -0.2) is 80.3 Å². The largest absolute Gasteiger partial charge is 0.489 e. The molecule has 0 aliphatic carbocycles. The molecule has 0 aromatic heterocycles. The fourth-order valence-electron chi connectivity index (χ4n) is 7.07. The average molecular weight is 719 g/mol. The second kappa shape index (κ2) is 15.2. The molecule has 0 unspecified atom stereocenters. The number of anilines is 1. The molecule has 3 aliphatic rings. The Kier molecular flexibility index (Phi) is 10.9. The van der Waals surface area contributed by atoms with E-state index in [1.807, 2.05) is 50.2 Å². The van der Waals surface area contributed by atoms with E-state index in [2.05, 4.69) is 6.07 Å². The van der Waals surface area contributed by atoms with Gasteiger partial charge in [-0.2, -0.15) is 9.57 Å². The molecule has 3 fully saturated rings. The van der Waals surface area contributed by atoms with Gasteiger partial charge in [0.05, 0.1) is 47.8 Å². The fraction of sp³-hybridized carbons (Fsp3) is 0.474. The Morgan fingerprint density at radius 1 is 1.08 bits per heavy atom. The second-order valence-corrected chi connectivity index (χ2v) is 16.2. The zero-order valence-electron chi connectivity index (χ0n) is 29.4. The zero-order valence-corrected chi connectivity index (χ0v) is 30.3. The van der Waals surface area contributed by atoms with Crippen LogP contribution in [0, 0.1) is 23.2 Å². The molecule has 3 aromatic rings. The van der Waals surface area contributed by atoms with E-state index in [4.69, 9.17) is 29.4 Å². The van der Waals surface area contributed by atoms with Crippen molar-refractivity contribution in [2.75, 3.05) is 32.0 Å². The van der Waals surface area contributed by atoms with E-state index in [1.165, 1.54) is 16.4 Å². The van der Waals surface area contributed by atoms with Gasteiger partial charge in [-0.1, -0.05) is 38.1 Å². The van der Waals surface area contributed by atoms with Crippen LogP contribution in [-0.2, 0) is 42.0 Å². The number of hydrogen-bond donors (Lipinski definition) is 1. The summed E-state index contributed by atoms with van der Waals surface area (Å²) in [5, 5.41) is 9.21. The second-order valence-electron chi connectivity index (χ2n) is 14.2. The number of nitriles is 1. The van der Waals surface area contributed by atoms with E-state index in [1.54, 1.807) is 43.0 Å². The fourth-order valence-corrected chi connectivity index (χ4v) is 8.69. The van der Waals surface area contributed by atoms with E-state index >= 15 is 0 Å². The van der Waals surface area contributed by atoms with Crippen LogP contribution < -0.4 is 10.5 Å². The molecule has 0 saturated carbocycles. The number of nitrogens with zero attached hydrogens (tertiary/aromatic N) is 3. The van der Waals surface area contributed by atoms with Crippen molar-refractivity contribution in [3.8, 4) is 11.8 Å². The number of carbonyl (C=O) groups excluding carboxylic acids is 1. The number of amides is 1. The third-order valence-corrected chi connectivity index (χ3v) is 11.4. The lowest BCUT2D eigenvalue weighted by molar-refractivity contribution is -0.0911. The van der Waals surface area contributed by atoms with E-state index in [9.17, 15) is 18.5 Å². The molecule has 3 aromatic carbocycles. The lowest BCUT2D eigenvalue weighted by Gasteiger charge is -2.34. The quantitative estimate of drug-likeness (QED) is 0.244. The molecule has 12 nitrogen and oxygen atoms in total. The SMILES string of the molecule is CC(C)CN(C[C@H]1OC(C)(C)N(C(=O)O[C@H]2CO[C@H]3OCC[C@H]32)[C@H]1Cc1ccc(OCc2cccc(C#N)c2)cc1)S(=O)(=O)c1ccc(N)cc1. The maximum absolute atomic E-state index is 14.1. The van der Waals surface area contributed by atoms with Gasteiger partial charge in [0.15, 0.2) is 6.29 Å². The number of fused-ring (bicyclic) bond motifs is 1. The van der Waals surface area contributed by atoms with Crippen molar-refractivity contribution in [2.45, 2.75) is 82.3 Å². The van der Waals surface area contributed by atoms with Crippen molar-refractivity contribution >= 4 is 21.8 Å². The summed E-state index contributed by atoms with van der Waals surface area (Å²) in [6.07, 6.45) is -0.991. The van der Waals surface area contributed by atoms with Crippen molar-refractivity contribution in [2.24, 2.45) is 11.8 Å². The van der Waals surface area contributed by atoms with E-state index in [0.717, 1.165) is 17.5 Å². The molecule has 0 spiro atoms. The summed E-state index contributed by atoms with van der Waals surface area (Å²) in [6.45, 7) is 8.86. The van der Waals surface area contributed by atoms with Crippen molar-refractivity contribution in [3.05, 3.63) is 89.5 Å². The summed E-state index contributed by atoms with van der Waals surface area (Å²) >= 11 is 0. The number of hydrogen-bond acceptors (Lipinski definition) is 10. The molecule has 1 amide bonds. The third-order valence-electron chi connectivity index (χ3n) is 9.51. The van der Waals surface area contributed by atoms with Crippen LogP contribution in [0.2, 0.25) is 0 Å². The minimum Gasteiger partial charge on any atom is -0.489 e. The Balaban J connectivity index is 1.26. The zero-order chi connectivity index (χ0) is 36.3. The summed E-state index contributed by atoms with van der Waals surface area (Å²) in [5.41, 5.74) is 7.55. The first-order valence-corrected chi connectivity index (χ1v) is 18.8. The minimum atomic E-state index is -3.94. The monoisotopic (exact) mass is 718 g/mol. The molecule has 0 radical (unpaired) electrons. The maximum Gasteiger partial charge on any atom is 0.412 e. The van der Waals surface area contributed by atoms with Crippen LogP contribution in [0.15, 0.2) is 77.7 Å². The molecular weight excluding hydrogens is 673 g/mol. The first-order valence-electron chi connectivity index (χ1n) is 17.3. The van der Waals surface area contributed by atoms with Gasteiger partial charge in [0.2, 0.25) is 10.0 Å². The van der Waals surface area contributed by atoms with Crippen LogP contribution in [0.4, 0.5) is 10.5 Å². The van der Waals surface area contributed by atoms with Gasteiger partial charge >= 0.3 is 6.09 Å². The summed E-state index contributed by atoms with van der Waals surface area (Å²) < 4.78 is 59.6. The predicted molar refractivity (Wildman–Crippen MR) is 189 cm³/mol. The number of sulfonamides is 1. The Morgan fingerprint density at radius 2 is 1.82 bits per heavy atom. The summed E-state index contributed by atoms with van der Waals surface area (Å²) in [5.74, 6) is 0.613. The van der Waals surface area contributed by atoms with E-state index < -0.39 is 40.1 Å². The highest BCUT2D eigenvalue weighted by molar-refractivity contribution is 7.89. The van der Waals surface area contributed by atoms with Gasteiger partial charge in [0.1, 0.15) is 24.2 Å². The van der Waals surface area contributed by atoms with Gasteiger partial charge in [-0.3, -0.25) is 4.90 Å². The van der Waals surface area contributed by atoms with Crippen molar-refractivity contribution < 1.29 is 36.9 Å². The van der Waals surface area contributed by atoms with Crippen LogP contribution in [0.1, 0.15) is 50.8 Å². The molecule has 0 bridgehead atoms. The van der Waals surface area contributed by atoms with Gasteiger partial charge in [-0.05, 0) is 92.3 Å².